The first-order valence-corrected chi connectivity index (χ1v) is 7.03. The molecule has 1 unspecified atom stereocenters. The lowest BCUT2D eigenvalue weighted by Gasteiger charge is -2.17. The zero-order chi connectivity index (χ0) is 15.2. The fraction of sp³-hybridized carbons (Fsp3) is 0.467. The number of carbonyl (C=O) groups excluding carboxylic acids is 1. The minimum Gasteiger partial charge on any atom is -0.481 e. The van der Waals surface area contributed by atoms with Gasteiger partial charge >= 0.3 is 12.0 Å². The molecule has 2 N–H and O–H groups in total. The summed E-state index contributed by atoms with van der Waals surface area (Å²) in [7, 11) is 0. The predicted molar refractivity (Wildman–Crippen MR) is 75.2 cm³/mol. The van der Waals surface area contributed by atoms with Crippen LogP contribution >= 0.6 is 0 Å². The van der Waals surface area contributed by atoms with Crippen molar-refractivity contribution in [1.82, 2.24) is 10.2 Å². The lowest BCUT2D eigenvalue weighted by molar-refractivity contribution is -0.137. The van der Waals surface area contributed by atoms with Crippen molar-refractivity contribution in [3.63, 3.8) is 0 Å². The van der Waals surface area contributed by atoms with E-state index in [1.165, 1.54) is 12.1 Å². The van der Waals surface area contributed by atoms with Crippen LogP contribution in [0.3, 0.4) is 0 Å². The minimum absolute atomic E-state index is 0.149. The lowest BCUT2D eigenvalue weighted by atomic mass is 10.0. The Morgan fingerprint density at radius 1 is 1.33 bits per heavy atom. The summed E-state index contributed by atoms with van der Waals surface area (Å²) >= 11 is 0. The van der Waals surface area contributed by atoms with Gasteiger partial charge in [-0.2, -0.15) is 0 Å². The molecule has 114 valence electrons. The van der Waals surface area contributed by atoms with Crippen LogP contribution in [0.2, 0.25) is 0 Å². The molecule has 1 fully saturated rings. The Bertz CT molecular complexity index is 504. The van der Waals surface area contributed by atoms with Gasteiger partial charge in [0, 0.05) is 26.1 Å². The van der Waals surface area contributed by atoms with Crippen LogP contribution < -0.4 is 5.32 Å². The van der Waals surface area contributed by atoms with E-state index >= 15 is 0 Å². The Hall–Kier alpha value is -2.11. The molecule has 0 aliphatic carbocycles. The Balaban J connectivity index is 1.74. The molecule has 0 spiro atoms. The van der Waals surface area contributed by atoms with Crippen LogP contribution in [0.4, 0.5) is 9.18 Å². The second-order valence-electron chi connectivity index (χ2n) is 5.32. The van der Waals surface area contributed by atoms with Crippen molar-refractivity contribution in [3.8, 4) is 0 Å². The largest absolute Gasteiger partial charge is 0.481 e. The van der Waals surface area contributed by atoms with Gasteiger partial charge in [-0.05, 0) is 36.5 Å². The lowest BCUT2D eigenvalue weighted by Crippen LogP contribution is -2.38. The molecule has 0 bridgehead atoms. The molecular weight excluding hydrogens is 275 g/mol. The number of urea groups is 1. The quantitative estimate of drug-likeness (QED) is 0.875. The number of nitrogens with one attached hydrogen (secondary N) is 1. The van der Waals surface area contributed by atoms with Crippen LogP contribution in [0.5, 0.6) is 0 Å². The number of amides is 2. The van der Waals surface area contributed by atoms with E-state index in [0.717, 1.165) is 12.0 Å². The molecular formula is C15H19FN2O3. The van der Waals surface area contributed by atoms with E-state index in [2.05, 4.69) is 5.32 Å². The standard InChI is InChI=1S/C15H19FN2O3/c16-13-4-1-11(2-5-13)9-17-15(21)18-8-7-12(10-18)3-6-14(19)20/h1-2,4-5,12H,3,6-10H2,(H,17,21)(H,19,20). The molecule has 1 aromatic carbocycles. The van der Waals surface area contributed by atoms with Crippen molar-refractivity contribution in [3.05, 3.63) is 35.6 Å². The monoisotopic (exact) mass is 294 g/mol. The van der Waals surface area contributed by atoms with E-state index in [4.69, 9.17) is 5.11 Å². The van der Waals surface area contributed by atoms with Crippen molar-refractivity contribution >= 4 is 12.0 Å². The number of rotatable bonds is 5. The third kappa shape index (κ3) is 4.73. The third-order valence-corrected chi connectivity index (χ3v) is 3.70. The van der Waals surface area contributed by atoms with Gasteiger partial charge in [-0.25, -0.2) is 9.18 Å². The average molecular weight is 294 g/mol. The number of aliphatic carboxylic acids is 1. The third-order valence-electron chi connectivity index (χ3n) is 3.70. The molecule has 1 saturated heterocycles. The summed E-state index contributed by atoms with van der Waals surface area (Å²) < 4.78 is 12.8. The van der Waals surface area contributed by atoms with Crippen LogP contribution in [0.25, 0.3) is 0 Å². The highest BCUT2D eigenvalue weighted by Gasteiger charge is 2.26. The van der Waals surface area contributed by atoms with Crippen molar-refractivity contribution in [2.24, 2.45) is 5.92 Å². The van der Waals surface area contributed by atoms with Gasteiger partial charge < -0.3 is 15.3 Å². The van der Waals surface area contributed by atoms with Gasteiger partial charge in [0.05, 0.1) is 0 Å². The highest BCUT2D eigenvalue weighted by Crippen LogP contribution is 2.21. The van der Waals surface area contributed by atoms with E-state index in [0.29, 0.717) is 26.1 Å². The fourth-order valence-corrected chi connectivity index (χ4v) is 2.47. The van der Waals surface area contributed by atoms with Crippen LogP contribution in [0, 0.1) is 11.7 Å². The number of carboxylic acid groups (broad SMARTS) is 1. The number of carboxylic acids is 1. The first kappa shape index (κ1) is 15.3. The maximum atomic E-state index is 12.8. The zero-order valence-electron chi connectivity index (χ0n) is 11.7. The molecule has 21 heavy (non-hydrogen) atoms. The van der Waals surface area contributed by atoms with Gasteiger partial charge in [0.25, 0.3) is 0 Å². The van der Waals surface area contributed by atoms with Gasteiger partial charge in [-0.1, -0.05) is 12.1 Å². The summed E-state index contributed by atoms with van der Waals surface area (Å²) in [6.45, 7) is 1.61. The minimum atomic E-state index is -0.797. The molecule has 5 nitrogen and oxygen atoms in total. The number of nitrogens with zero attached hydrogens (tertiary/aromatic N) is 1. The summed E-state index contributed by atoms with van der Waals surface area (Å²) in [5, 5.41) is 11.5. The molecule has 0 aromatic heterocycles. The van der Waals surface area contributed by atoms with E-state index in [1.54, 1.807) is 17.0 Å². The molecule has 2 rings (SSSR count). The number of carbonyl (C=O) groups is 2. The summed E-state index contributed by atoms with van der Waals surface area (Å²) in [4.78, 5) is 24.2. The predicted octanol–water partition coefficient (Wildman–Crippen LogP) is 2.22. The van der Waals surface area contributed by atoms with Crippen LogP contribution in [-0.2, 0) is 11.3 Å². The molecule has 1 aliphatic rings. The average Bonchev–Trinajstić information content (AvgIpc) is 2.93. The van der Waals surface area contributed by atoms with Gasteiger partial charge in [0.15, 0.2) is 0 Å². The van der Waals surface area contributed by atoms with E-state index in [1.807, 2.05) is 0 Å². The second kappa shape index (κ2) is 7.06. The van der Waals surface area contributed by atoms with Gasteiger partial charge in [0.2, 0.25) is 0 Å². The van der Waals surface area contributed by atoms with Gasteiger partial charge in [-0.3, -0.25) is 4.79 Å². The number of hydrogen-bond acceptors (Lipinski definition) is 2. The normalized spacial score (nSPS) is 17.8. The molecule has 6 heteroatoms. The smallest absolute Gasteiger partial charge is 0.317 e. The van der Waals surface area contributed by atoms with Crippen LogP contribution in [-0.4, -0.2) is 35.1 Å². The van der Waals surface area contributed by atoms with Crippen molar-refractivity contribution in [1.29, 1.82) is 0 Å². The second-order valence-corrected chi connectivity index (χ2v) is 5.32. The van der Waals surface area contributed by atoms with E-state index in [9.17, 15) is 14.0 Å². The fourth-order valence-electron chi connectivity index (χ4n) is 2.47. The Morgan fingerprint density at radius 3 is 2.71 bits per heavy atom. The molecule has 0 saturated carbocycles. The first-order chi connectivity index (χ1) is 10.0. The molecule has 0 radical (unpaired) electrons. The zero-order valence-corrected chi connectivity index (χ0v) is 11.7. The summed E-state index contributed by atoms with van der Waals surface area (Å²) in [6, 6.07) is 5.83. The highest BCUT2D eigenvalue weighted by atomic mass is 19.1. The van der Waals surface area contributed by atoms with Crippen molar-refractivity contribution < 1.29 is 19.1 Å². The Labute approximate surface area is 122 Å². The Kier molecular flexibility index (Phi) is 5.14. The van der Waals surface area contributed by atoms with Gasteiger partial charge in [-0.15, -0.1) is 0 Å². The molecule has 2 amide bonds. The molecule has 1 aliphatic heterocycles. The number of halogens is 1. The maximum Gasteiger partial charge on any atom is 0.317 e. The summed E-state index contributed by atoms with van der Waals surface area (Å²) in [5.41, 5.74) is 0.839. The van der Waals surface area contributed by atoms with Crippen molar-refractivity contribution in [2.75, 3.05) is 13.1 Å². The van der Waals surface area contributed by atoms with Gasteiger partial charge in [0.1, 0.15) is 5.82 Å². The van der Waals surface area contributed by atoms with Crippen LogP contribution in [0.15, 0.2) is 24.3 Å². The molecule has 1 heterocycles. The summed E-state index contributed by atoms with van der Waals surface area (Å²) in [5.74, 6) is -0.835. The highest BCUT2D eigenvalue weighted by molar-refractivity contribution is 5.74. The van der Waals surface area contributed by atoms with E-state index in [-0.39, 0.29) is 24.2 Å². The number of benzene rings is 1. The summed E-state index contributed by atoms with van der Waals surface area (Å²) in [6.07, 6.45) is 1.60. The first-order valence-electron chi connectivity index (χ1n) is 7.03. The maximum absolute atomic E-state index is 12.8. The number of hydrogen-bond donors (Lipinski definition) is 2. The van der Waals surface area contributed by atoms with E-state index < -0.39 is 5.97 Å². The topological polar surface area (TPSA) is 69.6 Å². The SMILES string of the molecule is O=C(O)CCC1CCN(C(=O)NCc2ccc(F)cc2)C1. The Morgan fingerprint density at radius 2 is 2.05 bits per heavy atom. The number of likely N-dealkylation sites (tertiary alicyclic amines) is 1. The molecule has 1 atom stereocenters. The van der Waals surface area contributed by atoms with Crippen molar-refractivity contribution in [2.45, 2.75) is 25.8 Å². The van der Waals surface area contributed by atoms with Crippen LogP contribution in [0.1, 0.15) is 24.8 Å². The molecule has 1 aromatic rings.